The Morgan fingerprint density at radius 3 is 2.50 bits per heavy atom. The summed E-state index contributed by atoms with van der Waals surface area (Å²) in [6, 6.07) is 19.2. The van der Waals surface area contributed by atoms with E-state index in [-0.39, 0.29) is 10.8 Å². The van der Waals surface area contributed by atoms with Crippen molar-refractivity contribution in [2.75, 3.05) is 5.32 Å². The second-order valence-electron chi connectivity index (χ2n) is 4.66. The van der Waals surface area contributed by atoms with Gasteiger partial charge in [-0.25, -0.2) is 4.39 Å². The SMILES string of the molecule is Fc1cc(CNc2ccc3ccccc3c2)ccc1Cl. The van der Waals surface area contributed by atoms with Crippen LogP contribution in [0.3, 0.4) is 0 Å². The molecule has 0 heterocycles. The van der Waals surface area contributed by atoms with Gasteiger partial charge in [-0.2, -0.15) is 0 Å². The van der Waals surface area contributed by atoms with Crippen LogP contribution < -0.4 is 5.32 Å². The Bertz CT molecular complexity index is 755. The van der Waals surface area contributed by atoms with Crippen LogP contribution >= 0.6 is 11.6 Å². The van der Waals surface area contributed by atoms with E-state index in [9.17, 15) is 4.39 Å². The predicted octanol–water partition coefficient (Wildman–Crippen LogP) is 5.24. The van der Waals surface area contributed by atoms with Crippen LogP contribution in [0.4, 0.5) is 10.1 Å². The second kappa shape index (κ2) is 5.51. The van der Waals surface area contributed by atoms with Crippen LogP contribution in [0.5, 0.6) is 0 Å². The first kappa shape index (κ1) is 12.9. The number of fused-ring (bicyclic) bond motifs is 1. The third-order valence-electron chi connectivity index (χ3n) is 3.23. The highest BCUT2D eigenvalue weighted by atomic mass is 35.5. The van der Waals surface area contributed by atoms with Crippen molar-refractivity contribution in [3.8, 4) is 0 Å². The highest BCUT2D eigenvalue weighted by Gasteiger charge is 2.01. The van der Waals surface area contributed by atoms with Crippen LogP contribution in [0.25, 0.3) is 10.8 Å². The van der Waals surface area contributed by atoms with E-state index in [0.717, 1.165) is 11.3 Å². The Morgan fingerprint density at radius 1 is 0.900 bits per heavy atom. The Labute approximate surface area is 122 Å². The average molecular weight is 286 g/mol. The van der Waals surface area contributed by atoms with Gasteiger partial charge in [0, 0.05) is 12.2 Å². The van der Waals surface area contributed by atoms with Crippen LogP contribution in [0.1, 0.15) is 5.56 Å². The van der Waals surface area contributed by atoms with Crippen molar-refractivity contribution in [1.29, 1.82) is 0 Å². The van der Waals surface area contributed by atoms with E-state index in [4.69, 9.17) is 11.6 Å². The molecule has 0 bridgehead atoms. The topological polar surface area (TPSA) is 12.0 Å². The molecule has 3 heteroatoms. The van der Waals surface area contributed by atoms with Crippen LogP contribution in [-0.4, -0.2) is 0 Å². The summed E-state index contributed by atoms with van der Waals surface area (Å²) in [5.74, 6) is -0.385. The predicted molar refractivity (Wildman–Crippen MR) is 82.7 cm³/mol. The minimum Gasteiger partial charge on any atom is -0.381 e. The summed E-state index contributed by atoms with van der Waals surface area (Å²) in [5, 5.41) is 5.83. The summed E-state index contributed by atoms with van der Waals surface area (Å²) in [6.07, 6.45) is 0. The Hall–Kier alpha value is -2.06. The standard InChI is InChI=1S/C17H13ClFN/c18-16-8-5-12(9-17(16)19)11-20-15-7-6-13-3-1-2-4-14(13)10-15/h1-10,20H,11H2. The maximum absolute atomic E-state index is 13.4. The van der Waals surface area contributed by atoms with E-state index in [2.05, 4.69) is 29.6 Å². The zero-order valence-corrected chi connectivity index (χ0v) is 11.5. The molecular formula is C17H13ClFN. The lowest BCUT2D eigenvalue weighted by atomic mass is 10.1. The lowest BCUT2D eigenvalue weighted by molar-refractivity contribution is 0.626. The van der Waals surface area contributed by atoms with E-state index < -0.39 is 0 Å². The molecule has 1 nitrogen and oxygen atoms in total. The van der Waals surface area contributed by atoms with Crippen molar-refractivity contribution in [3.05, 3.63) is 77.1 Å². The molecule has 0 saturated heterocycles. The normalized spacial score (nSPS) is 10.7. The maximum Gasteiger partial charge on any atom is 0.142 e. The molecule has 0 spiro atoms. The van der Waals surface area contributed by atoms with Gasteiger partial charge in [-0.1, -0.05) is 48.0 Å². The summed E-state index contributed by atoms with van der Waals surface area (Å²) in [7, 11) is 0. The van der Waals surface area contributed by atoms with Crippen LogP contribution in [0, 0.1) is 5.82 Å². The van der Waals surface area contributed by atoms with E-state index in [1.165, 1.54) is 16.8 Å². The minimum atomic E-state index is -0.385. The number of nitrogens with one attached hydrogen (secondary N) is 1. The summed E-state index contributed by atoms with van der Waals surface area (Å²) in [4.78, 5) is 0. The fourth-order valence-electron chi connectivity index (χ4n) is 2.15. The van der Waals surface area contributed by atoms with E-state index in [1.54, 1.807) is 6.07 Å². The zero-order valence-electron chi connectivity index (χ0n) is 10.7. The van der Waals surface area contributed by atoms with Gasteiger partial charge in [-0.15, -0.1) is 0 Å². The molecule has 3 rings (SSSR count). The van der Waals surface area contributed by atoms with Gasteiger partial charge in [0.25, 0.3) is 0 Å². The van der Waals surface area contributed by atoms with Crippen LogP contribution in [0.2, 0.25) is 5.02 Å². The molecule has 0 fully saturated rings. The highest BCUT2D eigenvalue weighted by Crippen LogP contribution is 2.20. The molecular weight excluding hydrogens is 273 g/mol. The molecule has 0 saturated carbocycles. The monoisotopic (exact) mass is 285 g/mol. The van der Waals surface area contributed by atoms with Gasteiger partial charge in [0.2, 0.25) is 0 Å². The number of benzene rings is 3. The first-order valence-electron chi connectivity index (χ1n) is 6.39. The van der Waals surface area contributed by atoms with E-state index >= 15 is 0 Å². The van der Waals surface area contributed by atoms with E-state index in [0.29, 0.717) is 6.54 Å². The van der Waals surface area contributed by atoms with Crippen molar-refractivity contribution in [2.45, 2.75) is 6.54 Å². The van der Waals surface area contributed by atoms with Gasteiger partial charge in [0.15, 0.2) is 0 Å². The summed E-state index contributed by atoms with van der Waals surface area (Å²) in [6.45, 7) is 0.562. The lowest BCUT2D eigenvalue weighted by Crippen LogP contribution is -1.99. The molecule has 0 aromatic heterocycles. The smallest absolute Gasteiger partial charge is 0.142 e. The van der Waals surface area contributed by atoms with Crippen molar-refractivity contribution in [1.82, 2.24) is 0 Å². The Morgan fingerprint density at radius 2 is 1.70 bits per heavy atom. The molecule has 0 aliphatic rings. The van der Waals surface area contributed by atoms with Crippen LogP contribution in [-0.2, 0) is 6.54 Å². The van der Waals surface area contributed by atoms with Gasteiger partial charge >= 0.3 is 0 Å². The maximum atomic E-state index is 13.4. The molecule has 0 aliphatic carbocycles. The highest BCUT2D eigenvalue weighted by molar-refractivity contribution is 6.30. The van der Waals surface area contributed by atoms with Gasteiger partial charge in [-0.3, -0.25) is 0 Å². The Kier molecular flexibility index (Phi) is 3.57. The van der Waals surface area contributed by atoms with Gasteiger partial charge in [0.05, 0.1) is 5.02 Å². The average Bonchev–Trinajstić information content (AvgIpc) is 2.48. The number of rotatable bonds is 3. The van der Waals surface area contributed by atoms with Crippen molar-refractivity contribution in [3.63, 3.8) is 0 Å². The number of halogens is 2. The van der Waals surface area contributed by atoms with Crippen molar-refractivity contribution < 1.29 is 4.39 Å². The van der Waals surface area contributed by atoms with Gasteiger partial charge < -0.3 is 5.32 Å². The summed E-state index contributed by atoms with van der Waals surface area (Å²) >= 11 is 5.67. The molecule has 0 amide bonds. The summed E-state index contributed by atoms with van der Waals surface area (Å²) in [5.41, 5.74) is 1.87. The molecule has 0 aliphatic heterocycles. The third kappa shape index (κ3) is 2.75. The largest absolute Gasteiger partial charge is 0.381 e. The van der Waals surface area contributed by atoms with Crippen LogP contribution in [0.15, 0.2) is 60.7 Å². The van der Waals surface area contributed by atoms with Crippen molar-refractivity contribution >= 4 is 28.1 Å². The van der Waals surface area contributed by atoms with Gasteiger partial charge in [0.1, 0.15) is 5.82 Å². The van der Waals surface area contributed by atoms with Gasteiger partial charge in [-0.05, 0) is 40.6 Å². The first-order valence-corrected chi connectivity index (χ1v) is 6.77. The fraction of sp³-hybridized carbons (Fsp3) is 0.0588. The molecule has 0 atom stereocenters. The number of hydrogen-bond donors (Lipinski definition) is 1. The minimum absolute atomic E-state index is 0.152. The van der Waals surface area contributed by atoms with E-state index in [1.807, 2.05) is 24.3 Å². The zero-order chi connectivity index (χ0) is 13.9. The quantitative estimate of drug-likeness (QED) is 0.693. The lowest BCUT2D eigenvalue weighted by Gasteiger charge is -2.08. The molecule has 3 aromatic carbocycles. The molecule has 100 valence electrons. The molecule has 1 N–H and O–H groups in total. The molecule has 20 heavy (non-hydrogen) atoms. The van der Waals surface area contributed by atoms with Crippen molar-refractivity contribution in [2.24, 2.45) is 0 Å². The molecule has 0 radical (unpaired) electrons. The summed E-state index contributed by atoms with van der Waals surface area (Å²) < 4.78 is 13.4. The number of anilines is 1. The first-order chi connectivity index (χ1) is 9.72. The second-order valence-corrected chi connectivity index (χ2v) is 5.07. The Balaban J connectivity index is 1.77. The molecule has 0 unspecified atom stereocenters. The fourth-order valence-corrected chi connectivity index (χ4v) is 2.27. The third-order valence-corrected chi connectivity index (χ3v) is 3.54. The molecule has 3 aromatic rings. The number of hydrogen-bond acceptors (Lipinski definition) is 1.